The van der Waals surface area contributed by atoms with E-state index in [1.54, 1.807) is 23.1 Å². The van der Waals surface area contributed by atoms with Crippen molar-refractivity contribution in [2.45, 2.75) is 31.3 Å². The summed E-state index contributed by atoms with van der Waals surface area (Å²) in [4.78, 5) is 25.3. The lowest BCUT2D eigenvalue weighted by molar-refractivity contribution is 0.182. The van der Waals surface area contributed by atoms with Gasteiger partial charge in [-0.3, -0.25) is 9.78 Å². The Morgan fingerprint density at radius 1 is 1.23 bits per heavy atom. The van der Waals surface area contributed by atoms with Crippen molar-refractivity contribution < 1.29 is 4.74 Å². The van der Waals surface area contributed by atoms with Crippen LogP contribution >= 0.6 is 0 Å². The Morgan fingerprint density at radius 2 is 2.19 bits per heavy atom. The van der Waals surface area contributed by atoms with E-state index in [-0.39, 0.29) is 17.6 Å². The molecule has 1 fully saturated rings. The molecule has 2 unspecified atom stereocenters. The summed E-state index contributed by atoms with van der Waals surface area (Å²) in [5, 5.41) is 8.95. The van der Waals surface area contributed by atoms with Gasteiger partial charge in [0.2, 0.25) is 0 Å². The average Bonchev–Trinajstić information content (AvgIpc) is 3.30. The molecule has 1 N–H and O–H groups in total. The van der Waals surface area contributed by atoms with Gasteiger partial charge in [0.25, 0.3) is 5.56 Å². The Labute approximate surface area is 149 Å². The van der Waals surface area contributed by atoms with Crippen LogP contribution in [0.3, 0.4) is 0 Å². The molecule has 8 heteroatoms. The van der Waals surface area contributed by atoms with E-state index in [1.165, 1.54) is 6.33 Å². The summed E-state index contributed by atoms with van der Waals surface area (Å²) < 4.78 is 7.25. The first-order valence-electron chi connectivity index (χ1n) is 8.80. The first kappa shape index (κ1) is 15.4. The summed E-state index contributed by atoms with van der Waals surface area (Å²) in [6.07, 6.45) is 7.88. The number of anilines is 1. The van der Waals surface area contributed by atoms with Crippen molar-refractivity contribution in [2.24, 2.45) is 0 Å². The van der Waals surface area contributed by atoms with Crippen LogP contribution in [0, 0.1) is 0 Å². The van der Waals surface area contributed by atoms with Crippen LogP contribution in [0.4, 0.5) is 5.82 Å². The third-order valence-corrected chi connectivity index (χ3v) is 5.11. The zero-order valence-electron chi connectivity index (χ0n) is 14.1. The lowest BCUT2D eigenvalue weighted by Crippen LogP contribution is -2.38. The minimum Gasteiger partial charge on any atom is -0.377 e. The number of hydrogen-bond donors (Lipinski definition) is 1. The summed E-state index contributed by atoms with van der Waals surface area (Å²) in [7, 11) is 0. The van der Waals surface area contributed by atoms with Gasteiger partial charge in [0.05, 0.1) is 36.7 Å². The minimum absolute atomic E-state index is 0.0651. The van der Waals surface area contributed by atoms with E-state index in [1.807, 2.05) is 6.07 Å². The molecule has 0 amide bonds. The lowest BCUT2D eigenvalue weighted by Gasteiger charge is -2.21. The Morgan fingerprint density at radius 3 is 3.15 bits per heavy atom. The first-order chi connectivity index (χ1) is 12.8. The lowest BCUT2D eigenvalue weighted by atomic mass is 10.1. The fourth-order valence-corrected chi connectivity index (χ4v) is 3.77. The molecule has 0 bridgehead atoms. The van der Waals surface area contributed by atoms with Crippen LogP contribution in [-0.4, -0.2) is 44.0 Å². The zero-order valence-corrected chi connectivity index (χ0v) is 14.1. The molecule has 0 saturated carbocycles. The molecule has 2 atom stereocenters. The fraction of sp³-hybridized carbons (Fsp3) is 0.389. The number of aromatic nitrogens is 5. The number of aryl methyl sites for hydroxylation is 2. The van der Waals surface area contributed by atoms with Crippen molar-refractivity contribution >= 4 is 16.7 Å². The monoisotopic (exact) mass is 350 g/mol. The number of fused-ring (bicyclic) bond motifs is 2. The third-order valence-electron chi connectivity index (χ3n) is 5.11. The first-order valence-corrected chi connectivity index (χ1v) is 8.80. The van der Waals surface area contributed by atoms with E-state index in [0.717, 1.165) is 41.4 Å². The highest BCUT2D eigenvalue weighted by molar-refractivity contribution is 5.88. The van der Waals surface area contributed by atoms with Crippen molar-refractivity contribution in [3.05, 3.63) is 52.5 Å². The standard InChI is InChI=1S/C18H18N6O2/c25-17-6-11-2-1-3-13(11)23-24(17)16-9-26-8-15(16)22-18-12-4-5-19-7-14(12)20-10-21-18/h4-7,10,15-16H,1-3,8-9H2,(H,20,21,22). The quantitative estimate of drug-likeness (QED) is 0.756. The fourth-order valence-electron chi connectivity index (χ4n) is 3.77. The molecule has 5 rings (SSSR count). The van der Waals surface area contributed by atoms with Crippen LogP contribution < -0.4 is 10.9 Å². The molecule has 4 heterocycles. The highest BCUT2D eigenvalue weighted by Crippen LogP contribution is 2.25. The van der Waals surface area contributed by atoms with Gasteiger partial charge >= 0.3 is 0 Å². The molecule has 1 aliphatic heterocycles. The smallest absolute Gasteiger partial charge is 0.267 e. The predicted octanol–water partition coefficient (Wildman–Crippen LogP) is 1.12. The van der Waals surface area contributed by atoms with Crippen LogP contribution in [0.25, 0.3) is 10.9 Å². The molecular weight excluding hydrogens is 332 g/mol. The van der Waals surface area contributed by atoms with Crippen molar-refractivity contribution in [1.82, 2.24) is 24.7 Å². The molecule has 1 aliphatic carbocycles. The van der Waals surface area contributed by atoms with Crippen molar-refractivity contribution in [2.75, 3.05) is 18.5 Å². The summed E-state index contributed by atoms with van der Waals surface area (Å²) in [5.74, 6) is 0.715. The van der Waals surface area contributed by atoms with Gasteiger partial charge in [-0.15, -0.1) is 0 Å². The van der Waals surface area contributed by atoms with Crippen molar-refractivity contribution in [1.29, 1.82) is 0 Å². The topological polar surface area (TPSA) is 94.8 Å². The molecule has 8 nitrogen and oxygen atoms in total. The maximum atomic E-state index is 12.6. The molecule has 26 heavy (non-hydrogen) atoms. The molecule has 3 aromatic rings. The van der Waals surface area contributed by atoms with Gasteiger partial charge in [0.15, 0.2) is 0 Å². The van der Waals surface area contributed by atoms with Gasteiger partial charge in [-0.05, 0) is 30.9 Å². The van der Waals surface area contributed by atoms with E-state index < -0.39 is 0 Å². The largest absolute Gasteiger partial charge is 0.377 e. The molecule has 2 aliphatic rings. The molecule has 0 spiro atoms. The van der Waals surface area contributed by atoms with E-state index in [9.17, 15) is 4.79 Å². The number of rotatable bonds is 3. The number of ether oxygens (including phenoxy) is 1. The molecule has 0 aromatic carbocycles. The van der Waals surface area contributed by atoms with Gasteiger partial charge in [-0.2, -0.15) is 5.10 Å². The van der Waals surface area contributed by atoms with Crippen LogP contribution in [0.5, 0.6) is 0 Å². The van der Waals surface area contributed by atoms with Gasteiger partial charge in [0, 0.05) is 17.6 Å². The van der Waals surface area contributed by atoms with E-state index in [2.05, 4.69) is 25.4 Å². The summed E-state index contributed by atoms with van der Waals surface area (Å²) in [5.41, 5.74) is 2.83. The number of hydrogen-bond acceptors (Lipinski definition) is 7. The highest BCUT2D eigenvalue weighted by atomic mass is 16.5. The molecule has 1 saturated heterocycles. The summed E-state index contributed by atoms with van der Waals surface area (Å²) in [6, 6.07) is 3.35. The molecular formula is C18H18N6O2. The summed E-state index contributed by atoms with van der Waals surface area (Å²) in [6.45, 7) is 0.945. The van der Waals surface area contributed by atoms with Gasteiger partial charge in [-0.25, -0.2) is 14.6 Å². The van der Waals surface area contributed by atoms with E-state index in [0.29, 0.717) is 19.0 Å². The maximum Gasteiger partial charge on any atom is 0.267 e. The zero-order chi connectivity index (χ0) is 17.5. The second-order valence-electron chi connectivity index (χ2n) is 6.72. The van der Waals surface area contributed by atoms with Gasteiger partial charge in [0.1, 0.15) is 18.2 Å². The molecule has 3 aromatic heterocycles. The molecule has 0 radical (unpaired) electrons. The highest BCUT2D eigenvalue weighted by Gasteiger charge is 2.32. The molecule has 132 valence electrons. The van der Waals surface area contributed by atoms with E-state index in [4.69, 9.17) is 4.74 Å². The Hall–Kier alpha value is -2.87. The van der Waals surface area contributed by atoms with Crippen LogP contribution in [0.15, 0.2) is 35.6 Å². The number of nitrogens with zero attached hydrogens (tertiary/aromatic N) is 5. The third kappa shape index (κ3) is 2.53. The Kier molecular flexibility index (Phi) is 3.63. The second-order valence-corrected chi connectivity index (χ2v) is 6.72. The summed E-state index contributed by atoms with van der Waals surface area (Å²) >= 11 is 0. The normalized spacial score (nSPS) is 21.8. The number of nitrogens with one attached hydrogen (secondary N) is 1. The van der Waals surface area contributed by atoms with Crippen LogP contribution in [0.2, 0.25) is 0 Å². The minimum atomic E-state index is -0.166. The second kappa shape index (κ2) is 6.14. The SMILES string of the molecule is O=c1cc2c(nn1C1COCC1Nc1ncnc3cnccc13)CCC2. The Balaban J connectivity index is 1.49. The van der Waals surface area contributed by atoms with Crippen molar-refractivity contribution in [3.63, 3.8) is 0 Å². The van der Waals surface area contributed by atoms with Crippen LogP contribution in [0.1, 0.15) is 23.7 Å². The Bertz CT molecular complexity index is 1030. The average molecular weight is 350 g/mol. The maximum absolute atomic E-state index is 12.6. The van der Waals surface area contributed by atoms with Crippen LogP contribution in [-0.2, 0) is 17.6 Å². The van der Waals surface area contributed by atoms with Gasteiger partial charge in [-0.1, -0.05) is 0 Å². The number of pyridine rings is 1. The van der Waals surface area contributed by atoms with Crippen molar-refractivity contribution in [3.8, 4) is 0 Å². The predicted molar refractivity (Wildman–Crippen MR) is 95.1 cm³/mol. The van der Waals surface area contributed by atoms with E-state index >= 15 is 0 Å². The van der Waals surface area contributed by atoms with Gasteiger partial charge < -0.3 is 10.1 Å².